The number of hydrogen-bond acceptors (Lipinski definition) is 8. The molecule has 0 aliphatic carbocycles. The van der Waals surface area contributed by atoms with Crippen LogP contribution in [0, 0.1) is 17.7 Å². The Morgan fingerprint density at radius 2 is 2.07 bits per heavy atom. The number of nitrogens with zero attached hydrogens (tertiary/aromatic N) is 3. The molecule has 2 aliphatic heterocycles. The molecule has 4 aromatic rings. The molecule has 2 aromatic carbocycles. The highest BCUT2D eigenvalue weighted by Crippen LogP contribution is 2.33. The molecule has 2 fully saturated rings. The molecule has 0 saturated carbocycles. The second-order valence-corrected chi connectivity index (χ2v) is 11.3. The lowest BCUT2D eigenvalue weighted by Crippen LogP contribution is -2.32. The first kappa shape index (κ1) is 27.3. The SMILES string of the molecule is O=C(O[C@@H]1CN[C@@H](C#Cc2cc3c(Nc4ccc(OCc5cccc(F)c5)c(Cl)c4)ncnc3s2)C1)N1CCCC1. The van der Waals surface area contributed by atoms with Crippen molar-refractivity contribution < 1.29 is 18.7 Å². The molecule has 210 valence electrons. The van der Waals surface area contributed by atoms with Gasteiger partial charge < -0.3 is 19.7 Å². The molecule has 8 nitrogen and oxygen atoms in total. The van der Waals surface area contributed by atoms with Crippen LogP contribution in [0.15, 0.2) is 54.9 Å². The van der Waals surface area contributed by atoms with Crippen molar-refractivity contribution in [2.45, 2.75) is 38.0 Å². The normalized spacial score (nSPS) is 18.2. The average Bonchev–Trinajstić information content (AvgIpc) is 3.73. The van der Waals surface area contributed by atoms with E-state index in [-0.39, 0.29) is 30.7 Å². The van der Waals surface area contributed by atoms with Crippen LogP contribution >= 0.6 is 22.9 Å². The highest BCUT2D eigenvalue weighted by atomic mass is 35.5. The van der Waals surface area contributed by atoms with Gasteiger partial charge in [0.1, 0.15) is 41.3 Å². The van der Waals surface area contributed by atoms with E-state index < -0.39 is 0 Å². The molecule has 1 amide bonds. The Morgan fingerprint density at radius 1 is 1.20 bits per heavy atom. The van der Waals surface area contributed by atoms with Crippen molar-refractivity contribution in [3.8, 4) is 17.6 Å². The first-order valence-corrected chi connectivity index (χ1v) is 14.6. The summed E-state index contributed by atoms with van der Waals surface area (Å²) in [6.07, 6.45) is 3.85. The van der Waals surface area contributed by atoms with Crippen molar-refractivity contribution in [2.75, 3.05) is 25.0 Å². The lowest BCUT2D eigenvalue weighted by atomic mass is 10.2. The van der Waals surface area contributed by atoms with E-state index in [1.807, 2.05) is 12.1 Å². The summed E-state index contributed by atoms with van der Waals surface area (Å²) in [5, 5.41) is 7.91. The van der Waals surface area contributed by atoms with E-state index in [0.29, 0.717) is 35.1 Å². The van der Waals surface area contributed by atoms with Gasteiger partial charge in [-0.3, -0.25) is 5.32 Å². The molecule has 2 aliphatic rings. The summed E-state index contributed by atoms with van der Waals surface area (Å²) in [7, 11) is 0. The number of carbonyl (C=O) groups is 1. The molecular weight excluding hydrogens is 565 g/mol. The monoisotopic (exact) mass is 591 g/mol. The molecule has 6 rings (SSSR count). The van der Waals surface area contributed by atoms with Crippen LogP contribution in [0.5, 0.6) is 5.75 Å². The van der Waals surface area contributed by atoms with E-state index in [1.165, 1.54) is 29.8 Å². The zero-order chi connectivity index (χ0) is 28.2. The van der Waals surface area contributed by atoms with Gasteiger partial charge in [0, 0.05) is 31.7 Å². The number of likely N-dealkylation sites (tertiary alicyclic amines) is 1. The van der Waals surface area contributed by atoms with Gasteiger partial charge in [0.15, 0.2) is 0 Å². The third-order valence-electron chi connectivity index (χ3n) is 6.90. The molecule has 2 atom stereocenters. The predicted molar refractivity (Wildman–Crippen MR) is 157 cm³/mol. The number of hydrogen-bond donors (Lipinski definition) is 2. The largest absolute Gasteiger partial charge is 0.487 e. The van der Waals surface area contributed by atoms with Crippen molar-refractivity contribution >= 4 is 50.8 Å². The van der Waals surface area contributed by atoms with Crippen molar-refractivity contribution in [1.82, 2.24) is 20.2 Å². The number of benzene rings is 2. The van der Waals surface area contributed by atoms with Crippen molar-refractivity contribution in [3.63, 3.8) is 0 Å². The quantitative estimate of drug-likeness (QED) is 0.261. The molecule has 4 heterocycles. The van der Waals surface area contributed by atoms with E-state index in [0.717, 1.165) is 46.7 Å². The minimum absolute atomic E-state index is 0.0518. The van der Waals surface area contributed by atoms with Crippen molar-refractivity contribution in [1.29, 1.82) is 0 Å². The number of amides is 1. The minimum atomic E-state index is -0.310. The molecule has 0 unspecified atom stereocenters. The third-order valence-corrected chi connectivity index (χ3v) is 8.15. The molecule has 0 radical (unpaired) electrons. The highest BCUT2D eigenvalue weighted by Gasteiger charge is 2.28. The van der Waals surface area contributed by atoms with Crippen LogP contribution in [-0.2, 0) is 11.3 Å². The van der Waals surface area contributed by atoms with Gasteiger partial charge in [-0.05, 0) is 54.8 Å². The van der Waals surface area contributed by atoms with Crippen LogP contribution in [0.3, 0.4) is 0 Å². The van der Waals surface area contributed by atoms with E-state index in [4.69, 9.17) is 21.1 Å². The number of thiophene rings is 1. The summed E-state index contributed by atoms with van der Waals surface area (Å²) >= 11 is 7.95. The van der Waals surface area contributed by atoms with Gasteiger partial charge in [0.2, 0.25) is 0 Å². The molecule has 2 N–H and O–H groups in total. The Kier molecular flexibility index (Phi) is 8.19. The number of halogens is 2. The lowest BCUT2D eigenvalue weighted by molar-refractivity contribution is 0.0763. The van der Waals surface area contributed by atoms with Crippen LogP contribution < -0.4 is 15.4 Å². The number of carbonyl (C=O) groups excluding carboxylic acids is 1. The average molecular weight is 592 g/mol. The standard InChI is InChI=1S/C30H27ClFN5O3S/c31-26-14-22(7-9-27(26)39-17-19-4-3-5-20(32)12-19)36-28-25-15-24(41-29(25)35-18-34-28)8-6-21-13-23(16-33-21)40-30(38)37-10-1-2-11-37/h3-5,7,9,12,14-15,18,21,23,33H,1-2,10-11,13,16-17H2,(H,34,35,36)/t21-,23-/m0/s1. The summed E-state index contributed by atoms with van der Waals surface area (Å²) in [6.45, 7) is 2.36. The number of rotatable bonds is 6. The highest BCUT2D eigenvalue weighted by molar-refractivity contribution is 7.19. The first-order chi connectivity index (χ1) is 20.0. The van der Waals surface area contributed by atoms with Crippen LogP contribution in [0.1, 0.15) is 29.7 Å². The summed E-state index contributed by atoms with van der Waals surface area (Å²) in [4.78, 5) is 24.5. The summed E-state index contributed by atoms with van der Waals surface area (Å²) in [5.41, 5.74) is 1.45. The Hall–Kier alpha value is -3.91. The maximum Gasteiger partial charge on any atom is 0.410 e. The van der Waals surface area contributed by atoms with Gasteiger partial charge in [-0.15, -0.1) is 11.3 Å². The number of anilines is 2. The smallest absolute Gasteiger partial charge is 0.410 e. The van der Waals surface area contributed by atoms with Crippen LogP contribution in [0.4, 0.5) is 20.7 Å². The van der Waals surface area contributed by atoms with E-state index in [1.54, 1.807) is 29.2 Å². The summed E-state index contributed by atoms with van der Waals surface area (Å²) in [5.74, 6) is 7.33. The summed E-state index contributed by atoms with van der Waals surface area (Å²) < 4.78 is 24.9. The van der Waals surface area contributed by atoms with Crippen LogP contribution in [0.25, 0.3) is 10.2 Å². The fourth-order valence-electron chi connectivity index (χ4n) is 4.82. The molecule has 2 aromatic heterocycles. The van der Waals surface area contributed by atoms with Gasteiger partial charge in [0.25, 0.3) is 0 Å². The van der Waals surface area contributed by atoms with Crippen molar-refractivity contribution in [3.05, 3.63) is 76.1 Å². The van der Waals surface area contributed by atoms with Gasteiger partial charge in [-0.2, -0.15) is 0 Å². The number of aromatic nitrogens is 2. The molecule has 0 spiro atoms. The fourth-order valence-corrected chi connectivity index (χ4v) is 5.91. The van der Waals surface area contributed by atoms with E-state index in [9.17, 15) is 9.18 Å². The van der Waals surface area contributed by atoms with Crippen molar-refractivity contribution in [2.24, 2.45) is 0 Å². The van der Waals surface area contributed by atoms with E-state index >= 15 is 0 Å². The number of nitrogens with one attached hydrogen (secondary N) is 2. The van der Waals surface area contributed by atoms with Gasteiger partial charge >= 0.3 is 6.09 Å². The number of ether oxygens (including phenoxy) is 2. The fraction of sp³-hybridized carbons (Fsp3) is 0.300. The summed E-state index contributed by atoms with van der Waals surface area (Å²) in [6, 6.07) is 13.5. The van der Waals surface area contributed by atoms with Gasteiger partial charge in [-0.25, -0.2) is 19.2 Å². The maximum absolute atomic E-state index is 13.4. The third kappa shape index (κ3) is 6.70. The Balaban J connectivity index is 1.09. The Bertz CT molecular complexity index is 1630. The van der Waals surface area contributed by atoms with Crippen LogP contribution in [-0.4, -0.2) is 52.7 Å². The Morgan fingerprint density at radius 3 is 2.90 bits per heavy atom. The topological polar surface area (TPSA) is 88.6 Å². The first-order valence-electron chi connectivity index (χ1n) is 13.4. The molecule has 2 saturated heterocycles. The van der Waals surface area contributed by atoms with Gasteiger partial charge in [-0.1, -0.05) is 35.6 Å². The Labute approximate surface area is 245 Å². The second-order valence-electron chi connectivity index (χ2n) is 9.91. The minimum Gasteiger partial charge on any atom is -0.487 e. The second kappa shape index (κ2) is 12.3. The lowest BCUT2D eigenvalue weighted by Gasteiger charge is -2.18. The van der Waals surface area contributed by atoms with Gasteiger partial charge in [0.05, 0.1) is 21.3 Å². The van der Waals surface area contributed by atoms with Crippen LogP contribution in [0.2, 0.25) is 5.02 Å². The predicted octanol–water partition coefficient (Wildman–Crippen LogP) is 6.12. The molecule has 11 heteroatoms. The number of fused-ring (bicyclic) bond motifs is 1. The zero-order valence-electron chi connectivity index (χ0n) is 22.0. The molecule has 0 bridgehead atoms. The van der Waals surface area contributed by atoms with E-state index in [2.05, 4.69) is 32.4 Å². The maximum atomic E-state index is 13.4. The molecular formula is C30H27ClFN5O3S. The molecule has 41 heavy (non-hydrogen) atoms. The zero-order valence-corrected chi connectivity index (χ0v) is 23.6.